The molecule has 0 saturated heterocycles. The van der Waals surface area contributed by atoms with Gasteiger partial charge >= 0.3 is 0 Å². The van der Waals surface area contributed by atoms with Crippen molar-refractivity contribution in [1.82, 2.24) is 10.3 Å². The minimum Gasteiger partial charge on any atom is -0.353 e. The third-order valence-corrected chi connectivity index (χ3v) is 3.60. The van der Waals surface area contributed by atoms with Crippen molar-refractivity contribution in [3.63, 3.8) is 0 Å². The van der Waals surface area contributed by atoms with Gasteiger partial charge in [-0.2, -0.15) is 4.39 Å². The zero-order chi connectivity index (χ0) is 13.8. The number of benzene rings is 1. The molecule has 0 bridgehead atoms. The lowest BCUT2D eigenvalue weighted by Gasteiger charge is -2.18. The lowest BCUT2D eigenvalue weighted by Crippen LogP contribution is -2.14. The van der Waals surface area contributed by atoms with Gasteiger partial charge in [0.2, 0.25) is 5.95 Å². The van der Waals surface area contributed by atoms with E-state index < -0.39 is 5.95 Å². The maximum absolute atomic E-state index is 12.8. The molecule has 2 rings (SSSR count). The molecule has 100 valence electrons. The number of halogens is 2. The van der Waals surface area contributed by atoms with Crippen LogP contribution in [0.1, 0.15) is 18.5 Å². The molecule has 19 heavy (non-hydrogen) atoms. The molecule has 0 aliphatic heterocycles. The van der Waals surface area contributed by atoms with Crippen LogP contribution in [0.25, 0.3) is 0 Å². The van der Waals surface area contributed by atoms with E-state index >= 15 is 0 Å². The number of rotatable bonds is 4. The third-order valence-electron chi connectivity index (χ3n) is 2.94. The van der Waals surface area contributed by atoms with Gasteiger partial charge in [0.05, 0.1) is 17.6 Å². The number of nitrogens with one attached hydrogen (secondary N) is 2. The summed E-state index contributed by atoms with van der Waals surface area (Å²) >= 11 is 3.53. The molecule has 2 N–H and O–H groups in total. The lowest BCUT2D eigenvalue weighted by molar-refractivity contribution is 0.584. The van der Waals surface area contributed by atoms with Crippen molar-refractivity contribution >= 4 is 27.3 Å². The van der Waals surface area contributed by atoms with Gasteiger partial charge in [0.15, 0.2) is 0 Å². The Balaban J connectivity index is 2.35. The van der Waals surface area contributed by atoms with Gasteiger partial charge in [-0.05, 0) is 53.7 Å². The summed E-state index contributed by atoms with van der Waals surface area (Å²) in [5.74, 6) is -0.485. The first-order valence-electron chi connectivity index (χ1n) is 5.96. The number of nitrogens with zero attached hydrogens (tertiary/aromatic N) is 1. The number of hydrogen-bond acceptors (Lipinski definition) is 3. The molecule has 1 atom stereocenters. The van der Waals surface area contributed by atoms with Crippen LogP contribution in [0.5, 0.6) is 0 Å². The predicted molar refractivity (Wildman–Crippen MR) is 79.1 cm³/mol. The summed E-state index contributed by atoms with van der Waals surface area (Å²) in [7, 11) is 1.91. The monoisotopic (exact) mass is 323 g/mol. The molecule has 0 radical (unpaired) electrons. The fourth-order valence-electron chi connectivity index (χ4n) is 1.78. The number of aromatic nitrogens is 1. The summed E-state index contributed by atoms with van der Waals surface area (Å²) in [4.78, 5) is 3.64. The van der Waals surface area contributed by atoms with Crippen LogP contribution in [0.2, 0.25) is 0 Å². The molecule has 0 fully saturated rings. The molecule has 1 unspecified atom stereocenters. The predicted octanol–water partition coefficient (Wildman–Crippen LogP) is 4.01. The fraction of sp³-hybridized carbons (Fsp3) is 0.214. The Morgan fingerprint density at radius 3 is 2.68 bits per heavy atom. The SMILES string of the molecule is CNC(C)c1cccc(Br)c1Nc1ccc(F)nc1. The van der Waals surface area contributed by atoms with Crippen molar-refractivity contribution in [3.8, 4) is 0 Å². The molecule has 0 spiro atoms. The van der Waals surface area contributed by atoms with Gasteiger partial charge < -0.3 is 10.6 Å². The van der Waals surface area contributed by atoms with E-state index in [0.717, 1.165) is 21.4 Å². The second-order valence-corrected chi connectivity index (χ2v) is 5.06. The van der Waals surface area contributed by atoms with Gasteiger partial charge in [-0.15, -0.1) is 0 Å². The molecule has 3 nitrogen and oxygen atoms in total. The standard InChI is InChI=1S/C14H15BrFN3/c1-9(17-2)11-4-3-5-12(15)14(11)19-10-6-7-13(16)18-8-10/h3-9,17,19H,1-2H3. The van der Waals surface area contributed by atoms with Gasteiger partial charge in [0.1, 0.15) is 0 Å². The fourth-order valence-corrected chi connectivity index (χ4v) is 2.26. The van der Waals surface area contributed by atoms with Gasteiger partial charge in [-0.3, -0.25) is 0 Å². The minimum absolute atomic E-state index is 0.202. The molecule has 0 aliphatic rings. The van der Waals surface area contributed by atoms with Crippen LogP contribution in [0.3, 0.4) is 0 Å². The Hall–Kier alpha value is -1.46. The van der Waals surface area contributed by atoms with Gasteiger partial charge in [0.25, 0.3) is 0 Å². The van der Waals surface area contributed by atoms with Crippen LogP contribution in [-0.2, 0) is 0 Å². The van der Waals surface area contributed by atoms with Crippen molar-refractivity contribution in [1.29, 1.82) is 0 Å². The van der Waals surface area contributed by atoms with E-state index in [4.69, 9.17) is 0 Å². The van der Waals surface area contributed by atoms with E-state index in [1.807, 2.05) is 25.2 Å². The first-order chi connectivity index (χ1) is 9.11. The topological polar surface area (TPSA) is 37.0 Å². The minimum atomic E-state index is -0.485. The number of pyridine rings is 1. The molecule has 1 heterocycles. The highest BCUT2D eigenvalue weighted by molar-refractivity contribution is 9.10. The zero-order valence-electron chi connectivity index (χ0n) is 10.7. The Labute approximate surface area is 120 Å². The highest BCUT2D eigenvalue weighted by Crippen LogP contribution is 2.32. The van der Waals surface area contributed by atoms with Crippen LogP contribution in [0.4, 0.5) is 15.8 Å². The Morgan fingerprint density at radius 2 is 2.05 bits per heavy atom. The molecule has 5 heteroatoms. The van der Waals surface area contributed by atoms with Crippen molar-refractivity contribution in [2.45, 2.75) is 13.0 Å². The van der Waals surface area contributed by atoms with E-state index in [9.17, 15) is 4.39 Å². The van der Waals surface area contributed by atoms with Crippen LogP contribution >= 0.6 is 15.9 Å². The van der Waals surface area contributed by atoms with E-state index in [1.54, 1.807) is 6.07 Å². The number of anilines is 2. The molecule has 1 aromatic carbocycles. The largest absolute Gasteiger partial charge is 0.353 e. The average molecular weight is 324 g/mol. The number of para-hydroxylation sites is 1. The Bertz CT molecular complexity index is 557. The van der Waals surface area contributed by atoms with Crippen LogP contribution in [0, 0.1) is 5.95 Å². The third kappa shape index (κ3) is 3.30. The van der Waals surface area contributed by atoms with Gasteiger partial charge in [0, 0.05) is 10.5 Å². The van der Waals surface area contributed by atoms with Crippen molar-refractivity contribution in [3.05, 3.63) is 52.5 Å². The van der Waals surface area contributed by atoms with E-state index in [2.05, 4.69) is 38.5 Å². The zero-order valence-corrected chi connectivity index (χ0v) is 12.3. The summed E-state index contributed by atoms with van der Waals surface area (Å²) in [6.07, 6.45) is 1.47. The van der Waals surface area contributed by atoms with Crippen LogP contribution < -0.4 is 10.6 Å². The second kappa shape index (κ2) is 6.12. The summed E-state index contributed by atoms with van der Waals surface area (Å²) < 4.78 is 13.8. The second-order valence-electron chi connectivity index (χ2n) is 4.21. The van der Waals surface area contributed by atoms with Crippen molar-refractivity contribution < 1.29 is 4.39 Å². The maximum atomic E-state index is 12.8. The van der Waals surface area contributed by atoms with E-state index in [1.165, 1.54) is 12.3 Å². The summed E-state index contributed by atoms with van der Waals surface area (Å²) in [5.41, 5.74) is 2.83. The molecular formula is C14H15BrFN3. The maximum Gasteiger partial charge on any atom is 0.212 e. The molecule has 0 aliphatic carbocycles. The average Bonchev–Trinajstić information content (AvgIpc) is 2.42. The van der Waals surface area contributed by atoms with E-state index in [-0.39, 0.29) is 6.04 Å². The highest BCUT2D eigenvalue weighted by Gasteiger charge is 2.12. The van der Waals surface area contributed by atoms with Crippen LogP contribution in [0.15, 0.2) is 41.0 Å². The molecule has 2 aromatic rings. The summed E-state index contributed by atoms with van der Waals surface area (Å²) in [6, 6.07) is 9.20. The molecular weight excluding hydrogens is 309 g/mol. The highest BCUT2D eigenvalue weighted by atomic mass is 79.9. The molecule has 1 aromatic heterocycles. The smallest absolute Gasteiger partial charge is 0.212 e. The van der Waals surface area contributed by atoms with Crippen LogP contribution in [-0.4, -0.2) is 12.0 Å². The van der Waals surface area contributed by atoms with Gasteiger partial charge in [-0.1, -0.05) is 12.1 Å². The lowest BCUT2D eigenvalue weighted by atomic mass is 10.1. The van der Waals surface area contributed by atoms with E-state index in [0.29, 0.717) is 0 Å². The first-order valence-corrected chi connectivity index (χ1v) is 6.75. The normalized spacial score (nSPS) is 12.2. The molecule has 0 saturated carbocycles. The number of hydrogen-bond donors (Lipinski definition) is 2. The Kier molecular flexibility index (Phi) is 4.50. The summed E-state index contributed by atoms with van der Waals surface area (Å²) in [6.45, 7) is 2.08. The summed E-state index contributed by atoms with van der Waals surface area (Å²) in [5, 5.41) is 6.47. The van der Waals surface area contributed by atoms with Crippen molar-refractivity contribution in [2.75, 3.05) is 12.4 Å². The quantitative estimate of drug-likeness (QED) is 0.835. The first kappa shape index (κ1) is 14.0. The Morgan fingerprint density at radius 1 is 1.26 bits per heavy atom. The van der Waals surface area contributed by atoms with Gasteiger partial charge in [-0.25, -0.2) is 4.98 Å². The van der Waals surface area contributed by atoms with Crippen molar-refractivity contribution in [2.24, 2.45) is 0 Å². The molecule has 0 amide bonds.